The molecule has 0 amide bonds. The Hall–Kier alpha value is -1.72. The van der Waals surface area contributed by atoms with Gasteiger partial charge < -0.3 is 19.7 Å². The van der Waals surface area contributed by atoms with Gasteiger partial charge in [0.2, 0.25) is 0 Å². The van der Waals surface area contributed by atoms with E-state index in [1.54, 1.807) is 0 Å². The average Bonchev–Trinajstić information content (AvgIpc) is 3.16. The predicted octanol–water partition coefficient (Wildman–Crippen LogP) is 1.99. The number of benzene rings is 2. The fourth-order valence-corrected chi connectivity index (χ4v) is 6.02. The van der Waals surface area contributed by atoms with Crippen molar-refractivity contribution >= 4 is 0 Å². The molecule has 1 saturated carbocycles. The first-order valence-electron chi connectivity index (χ1n) is 9.04. The molecule has 1 heterocycles. The highest BCUT2D eigenvalue weighted by Crippen LogP contribution is 2.62. The summed E-state index contributed by atoms with van der Waals surface area (Å²) in [4.78, 5) is 0. The van der Waals surface area contributed by atoms with Crippen LogP contribution in [0.25, 0.3) is 0 Å². The molecule has 2 N–H and O–H groups in total. The zero-order valence-electron chi connectivity index (χ0n) is 13.7. The smallest absolute Gasteiger partial charge is 0.148 e. The zero-order valence-corrected chi connectivity index (χ0v) is 13.7. The molecule has 0 aromatic heterocycles. The van der Waals surface area contributed by atoms with Crippen molar-refractivity contribution in [3.63, 3.8) is 0 Å². The number of aliphatic hydroxyl groups is 2. The first-order chi connectivity index (χ1) is 12.3. The lowest BCUT2D eigenvalue weighted by molar-refractivity contribution is -0.151. The second kappa shape index (κ2) is 4.92. The van der Waals surface area contributed by atoms with Crippen LogP contribution in [0.2, 0.25) is 0 Å². The first kappa shape index (κ1) is 14.4. The lowest BCUT2D eigenvalue weighted by atomic mass is 9.49. The highest BCUT2D eigenvalue weighted by atomic mass is 16.7. The summed E-state index contributed by atoms with van der Waals surface area (Å²) in [5.41, 5.74) is 5.15. The van der Waals surface area contributed by atoms with Crippen LogP contribution in [0.15, 0.2) is 48.5 Å². The molecule has 1 saturated heterocycles. The van der Waals surface area contributed by atoms with E-state index in [4.69, 9.17) is 9.47 Å². The van der Waals surface area contributed by atoms with Gasteiger partial charge in [-0.25, -0.2) is 0 Å². The lowest BCUT2D eigenvalue weighted by Gasteiger charge is -2.57. The Morgan fingerprint density at radius 2 is 1.00 bits per heavy atom. The third-order valence-corrected chi connectivity index (χ3v) is 6.85. The van der Waals surface area contributed by atoms with Crippen LogP contribution < -0.4 is 0 Å². The van der Waals surface area contributed by atoms with Crippen molar-refractivity contribution in [2.45, 2.75) is 36.3 Å². The molecule has 4 nitrogen and oxygen atoms in total. The highest BCUT2D eigenvalue weighted by Gasteiger charge is 2.62. The first-order valence-corrected chi connectivity index (χ1v) is 9.04. The Bertz CT molecular complexity index is 734. The van der Waals surface area contributed by atoms with Gasteiger partial charge in [0, 0.05) is 23.7 Å². The molecular weight excluding hydrogens is 316 g/mol. The van der Waals surface area contributed by atoms with Crippen molar-refractivity contribution in [2.75, 3.05) is 6.79 Å². The number of hydrogen-bond donors (Lipinski definition) is 2. The van der Waals surface area contributed by atoms with Crippen LogP contribution in [0.4, 0.5) is 0 Å². The molecule has 128 valence electrons. The van der Waals surface area contributed by atoms with Gasteiger partial charge in [-0.3, -0.25) is 0 Å². The van der Waals surface area contributed by atoms with Gasteiger partial charge in [0.05, 0.1) is 12.2 Å². The molecule has 0 radical (unpaired) electrons. The van der Waals surface area contributed by atoms with Crippen LogP contribution in [0.1, 0.15) is 34.1 Å². The fraction of sp³-hybridized carbons (Fsp3) is 0.429. The van der Waals surface area contributed by atoms with Gasteiger partial charge in [-0.05, 0) is 22.3 Å². The minimum Gasteiger partial charge on any atom is -0.390 e. The third kappa shape index (κ3) is 1.66. The normalized spacial score (nSPS) is 43.1. The molecule has 2 fully saturated rings. The van der Waals surface area contributed by atoms with Crippen LogP contribution in [0, 0.1) is 11.8 Å². The van der Waals surface area contributed by atoms with E-state index in [1.807, 2.05) is 0 Å². The van der Waals surface area contributed by atoms with Crippen molar-refractivity contribution in [1.82, 2.24) is 0 Å². The SMILES string of the molecule is O[C@@H]1C2OCOC2[C@H](O)[C@@H]2C3c4ccccc4C(c4ccccc43)[C@@H]21. The van der Waals surface area contributed by atoms with Crippen molar-refractivity contribution in [1.29, 1.82) is 0 Å². The Morgan fingerprint density at radius 3 is 1.36 bits per heavy atom. The standard InChI is InChI=1S/C21H20O4/c22-18-16-14-10-5-1-2-6-11(10)15(13-8-4-3-7-12(13)14)17(16)19(23)21-20(18)24-9-25-21/h1-8,14-23H,9H2/t14?,15?,16-,17+,18-,19+,20?,21?. The summed E-state index contributed by atoms with van der Waals surface area (Å²) in [6.45, 7) is 0.151. The summed E-state index contributed by atoms with van der Waals surface area (Å²) in [6, 6.07) is 17.0. The quantitative estimate of drug-likeness (QED) is 0.772. The lowest BCUT2D eigenvalue weighted by Crippen LogP contribution is -2.62. The summed E-state index contributed by atoms with van der Waals surface area (Å²) < 4.78 is 11.3. The van der Waals surface area contributed by atoms with Gasteiger partial charge in [-0.2, -0.15) is 0 Å². The van der Waals surface area contributed by atoms with E-state index in [-0.39, 0.29) is 30.5 Å². The van der Waals surface area contributed by atoms with Crippen molar-refractivity contribution < 1.29 is 19.7 Å². The van der Waals surface area contributed by atoms with Gasteiger partial charge in [0.15, 0.2) is 0 Å². The van der Waals surface area contributed by atoms with E-state index in [0.29, 0.717) is 0 Å². The summed E-state index contributed by atoms with van der Waals surface area (Å²) in [5, 5.41) is 22.3. The van der Waals surface area contributed by atoms with Gasteiger partial charge >= 0.3 is 0 Å². The largest absolute Gasteiger partial charge is 0.390 e. The molecular formula is C21H20O4. The van der Waals surface area contributed by atoms with Gasteiger partial charge in [0.1, 0.15) is 19.0 Å². The topological polar surface area (TPSA) is 58.9 Å². The van der Waals surface area contributed by atoms with Crippen molar-refractivity contribution in [3.05, 3.63) is 70.8 Å². The zero-order chi connectivity index (χ0) is 16.7. The minimum atomic E-state index is -0.630. The molecule has 2 aromatic carbocycles. The number of ether oxygens (including phenoxy) is 2. The number of fused-ring (bicyclic) bond motifs is 1. The minimum absolute atomic E-state index is 0.0484. The third-order valence-electron chi connectivity index (χ3n) is 6.85. The van der Waals surface area contributed by atoms with Crippen LogP contribution in [-0.2, 0) is 9.47 Å². The van der Waals surface area contributed by atoms with Crippen LogP contribution in [0.3, 0.4) is 0 Å². The maximum Gasteiger partial charge on any atom is 0.148 e. The van der Waals surface area contributed by atoms with E-state index in [9.17, 15) is 10.2 Å². The van der Waals surface area contributed by atoms with E-state index in [2.05, 4.69) is 48.5 Å². The summed E-state index contributed by atoms with van der Waals surface area (Å²) in [7, 11) is 0. The molecule has 4 heteroatoms. The maximum atomic E-state index is 11.1. The molecule has 0 spiro atoms. The molecule has 7 rings (SSSR count). The molecule has 2 bridgehead atoms. The average molecular weight is 336 g/mol. The van der Waals surface area contributed by atoms with Crippen molar-refractivity contribution in [3.8, 4) is 0 Å². The molecule has 6 atom stereocenters. The van der Waals surface area contributed by atoms with Crippen LogP contribution >= 0.6 is 0 Å². The Labute approximate surface area is 146 Å². The number of rotatable bonds is 0. The van der Waals surface area contributed by atoms with Crippen LogP contribution in [-0.4, -0.2) is 41.4 Å². The van der Waals surface area contributed by atoms with Crippen molar-refractivity contribution in [2.24, 2.45) is 11.8 Å². The summed E-state index contributed by atoms with van der Waals surface area (Å²) in [5.74, 6) is 0.0925. The highest BCUT2D eigenvalue weighted by molar-refractivity contribution is 5.57. The molecule has 2 unspecified atom stereocenters. The van der Waals surface area contributed by atoms with E-state index in [0.717, 1.165) is 0 Å². The Kier molecular flexibility index (Phi) is 2.84. The monoisotopic (exact) mass is 336 g/mol. The number of hydrogen-bond acceptors (Lipinski definition) is 4. The molecule has 2 aromatic rings. The fourth-order valence-electron chi connectivity index (χ4n) is 6.02. The number of aliphatic hydroxyl groups excluding tert-OH is 2. The summed E-state index contributed by atoms with van der Waals surface area (Å²) >= 11 is 0. The Morgan fingerprint density at radius 1 is 0.640 bits per heavy atom. The second-order valence-electron chi connectivity index (χ2n) is 7.73. The second-order valence-corrected chi connectivity index (χ2v) is 7.73. The van der Waals surface area contributed by atoms with E-state index < -0.39 is 24.4 Å². The summed E-state index contributed by atoms with van der Waals surface area (Å²) in [6.07, 6.45) is -2.13. The van der Waals surface area contributed by atoms with Gasteiger partial charge in [-0.1, -0.05) is 48.5 Å². The maximum absolute atomic E-state index is 11.1. The van der Waals surface area contributed by atoms with Gasteiger partial charge in [-0.15, -0.1) is 0 Å². The predicted molar refractivity (Wildman–Crippen MR) is 90.2 cm³/mol. The van der Waals surface area contributed by atoms with Gasteiger partial charge in [0.25, 0.3) is 0 Å². The molecule has 25 heavy (non-hydrogen) atoms. The Balaban J connectivity index is 1.62. The van der Waals surface area contributed by atoms with E-state index >= 15 is 0 Å². The molecule has 5 aliphatic rings. The van der Waals surface area contributed by atoms with E-state index in [1.165, 1.54) is 22.3 Å². The molecule has 1 aliphatic heterocycles. The molecule has 4 aliphatic carbocycles. The van der Waals surface area contributed by atoms with Crippen LogP contribution in [0.5, 0.6) is 0 Å².